The third kappa shape index (κ3) is 1.95. The van der Waals surface area contributed by atoms with Gasteiger partial charge in [-0.15, -0.1) is 5.10 Å². The van der Waals surface area contributed by atoms with Crippen LogP contribution in [0.1, 0.15) is 6.92 Å². The first-order valence-corrected chi connectivity index (χ1v) is 4.72. The summed E-state index contributed by atoms with van der Waals surface area (Å²) in [4.78, 5) is 8.29. The quantitative estimate of drug-likeness (QED) is 0.567. The fourth-order valence-electron chi connectivity index (χ4n) is 1.21. The zero-order valence-corrected chi connectivity index (χ0v) is 9.34. The zero-order valence-electron chi connectivity index (χ0n) is 9.34. The third-order valence-electron chi connectivity index (χ3n) is 2.08. The lowest BCUT2D eigenvalue weighted by molar-refractivity contribution is 0.400. The van der Waals surface area contributed by atoms with Crippen molar-refractivity contribution in [2.75, 3.05) is 14.2 Å². The number of hydrogen-bond acceptors (Lipinski definition) is 5. The van der Waals surface area contributed by atoms with Crippen molar-refractivity contribution in [3.05, 3.63) is 18.3 Å². The molecule has 0 aliphatic heterocycles. The van der Waals surface area contributed by atoms with Crippen molar-refractivity contribution in [1.29, 1.82) is 0 Å². The Morgan fingerprint density at radius 2 is 2.19 bits per heavy atom. The Bertz CT molecular complexity index is 533. The van der Waals surface area contributed by atoms with Crippen LogP contribution in [0.2, 0.25) is 0 Å². The topological polar surface area (TPSA) is 61.0 Å². The van der Waals surface area contributed by atoms with Crippen molar-refractivity contribution in [2.24, 2.45) is 4.99 Å². The highest BCUT2D eigenvalue weighted by molar-refractivity contribution is 5.75. The summed E-state index contributed by atoms with van der Waals surface area (Å²) in [5.41, 5.74) is 0.712. The summed E-state index contributed by atoms with van der Waals surface area (Å²) in [6, 6.07) is 3.63. The number of aliphatic imine (C=N–C) groups is 1. The molecule has 6 nitrogen and oxygen atoms in total. The normalized spacial score (nSPS) is 11.8. The minimum atomic E-state index is 0.368. The summed E-state index contributed by atoms with van der Waals surface area (Å²) >= 11 is 0. The molecule has 0 N–H and O–H groups in total. The van der Waals surface area contributed by atoms with Gasteiger partial charge < -0.3 is 9.47 Å². The Morgan fingerprint density at radius 1 is 1.38 bits per heavy atom. The van der Waals surface area contributed by atoms with Crippen LogP contribution in [0.15, 0.2) is 23.3 Å². The fraction of sp³-hybridized carbons (Fsp3) is 0.300. The number of aromatic nitrogens is 3. The molecule has 16 heavy (non-hydrogen) atoms. The molecule has 2 aromatic heterocycles. The Balaban J connectivity index is 2.44. The molecule has 0 saturated heterocycles. The minimum absolute atomic E-state index is 0.368. The number of pyridine rings is 1. The van der Waals surface area contributed by atoms with Gasteiger partial charge in [0.1, 0.15) is 5.75 Å². The van der Waals surface area contributed by atoms with Crippen molar-refractivity contribution >= 4 is 17.5 Å². The van der Waals surface area contributed by atoms with Crippen molar-refractivity contribution in [1.82, 2.24) is 14.6 Å². The van der Waals surface area contributed by atoms with Crippen LogP contribution < -0.4 is 4.74 Å². The largest absolute Gasteiger partial charge is 0.495 e. The van der Waals surface area contributed by atoms with Gasteiger partial charge in [0, 0.05) is 6.92 Å². The molecule has 0 radical (unpaired) electrons. The summed E-state index contributed by atoms with van der Waals surface area (Å²) in [5, 5.41) is 4.17. The monoisotopic (exact) mass is 220 g/mol. The van der Waals surface area contributed by atoms with Crippen LogP contribution in [0, 0.1) is 0 Å². The van der Waals surface area contributed by atoms with E-state index in [2.05, 4.69) is 15.1 Å². The van der Waals surface area contributed by atoms with Crippen LogP contribution in [0.5, 0.6) is 5.75 Å². The van der Waals surface area contributed by atoms with Gasteiger partial charge in [0.15, 0.2) is 11.5 Å². The van der Waals surface area contributed by atoms with E-state index in [-0.39, 0.29) is 0 Å². The maximum atomic E-state index is 5.08. The average molecular weight is 220 g/mol. The first-order chi connectivity index (χ1) is 7.72. The first kappa shape index (κ1) is 10.4. The van der Waals surface area contributed by atoms with Gasteiger partial charge in [-0.1, -0.05) is 0 Å². The zero-order chi connectivity index (χ0) is 11.5. The molecular weight excluding hydrogens is 208 g/mol. The highest BCUT2D eigenvalue weighted by Gasteiger charge is 2.03. The SMILES string of the molecule is COC(C)=Nc1nc2ccc(OC)cn2n1. The van der Waals surface area contributed by atoms with Crippen molar-refractivity contribution in [2.45, 2.75) is 6.92 Å². The minimum Gasteiger partial charge on any atom is -0.495 e. The second-order valence-electron chi connectivity index (χ2n) is 3.12. The molecule has 0 spiro atoms. The van der Waals surface area contributed by atoms with E-state index in [9.17, 15) is 0 Å². The summed E-state index contributed by atoms with van der Waals surface area (Å²) in [6.07, 6.45) is 1.74. The molecule has 6 heteroatoms. The van der Waals surface area contributed by atoms with Crippen molar-refractivity contribution in [3.8, 4) is 5.75 Å². The van der Waals surface area contributed by atoms with E-state index >= 15 is 0 Å². The summed E-state index contributed by atoms with van der Waals surface area (Å²) < 4.78 is 11.6. The molecule has 0 bridgehead atoms. The van der Waals surface area contributed by atoms with E-state index in [1.165, 1.54) is 0 Å². The number of fused-ring (bicyclic) bond motifs is 1. The molecule has 2 heterocycles. The van der Waals surface area contributed by atoms with Crippen LogP contribution in [-0.2, 0) is 4.74 Å². The number of hydrogen-bond donors (Lipinski definition) is 0. The van der Waals surface area contributed by atoms with Gasteiger partial charge in [0.2, 0.25) is 0 Å². The fourth-order valence-corrected chi connectivity index (χ4v) is 1.21. The van der Waals surface area contributed by atoms with Gasteiger partial charge in [0.05, 0.1) is 20.4 Å². The second-order valence-corrected chi connectivity index (χ2v) is 3.12. The molecule has 0 saturated carbocycles. The standard InChI is InChI=1S/C10H12N4O2/c1-7(15-2)11-10-12-9-5-4-8(16-3)6-14(9)13-10/h4-6H,1-3H3. The van der Waals surface area contributed by atoms with Crippen molar-refractivity contribution in [3.63, 3.8) is 0 Å². The Hall–Kier alpha value is -2.11. The summed E-state index contributed by atoms with van der Waals surface area (Å²) in [7, 11) is 3.16. The van der Waals surface area contributed by atoms with E-state index in [1.807, 2.05) is 12.1 Å². The van der Waals surface area contributed by atoms with Gasteiger partial charge in [0.25, 0.3) is 5.95 Å². The smallest absolute Gasteiger partial charge is 0.272 e. The van der Waals surface area contributed by atoms with Gasteiger partial charge in [-0.2, -0.15) is 9.98 Å². The Labute approximate surface area is 92.5 Å². The van der Waals surface area contributed by atoms with Gasteiger partial charge in [-0.05, 0) is 12.1 Å². The Morgan fingerprint density at radius 3 is 2.88 bits per heavy atom. The Kier molecular flexibility index (Phi) is 2.72. The van der Waals surface area contributed by atoms with E-state index in [4.69, 9.17) is 9.47 Å². The van der Waals surface area contributed by atoms with E-state index < -0.39 is 0 Å². The highest BCUT2D eigenvalue weighted by Crippen LogP contribution is 2.14. The molecule has 0 amide bonds. The van der Waals surface area contributed by atoms with Crippen LogP contribution in [0.4, 0.5) is 5.95 Å². The molecule has 2 aromatic rings. The molecule has 0 aliphatic rings. The number of ether oxygens (including phenoxy) is 2. The van der Waals surface area contributed by atoms with Crippen LogP contribution in [0.25, 0.3) is 5.65 Å². The third-order valence-corrected chi connectivity index (χ3v) is 2.08. The molecule has 84 valence electrons. The molecule has 0 atom stereocenters. The number of nitrogens with zero attached hydrogens (tertiary/aromatic N) is 4. The van der Waals surface area contributed by atoms with Gasteiger partial charge >= 0.3 is 0 Å². The second kappa shape index (κ2) is 4.18. The maximum absolute atomic E-state index is 5.08. The molecule has 2 rings (SSSR count). The van der Waals surface area contributed by atoms with Crippen LogP contribution in [0.3, 0.4) is 0 Å². The lowest BCUT2D eigenvalue weighted by atomic mass is 10.4. The van der Waals surface area contributed by atoms with E-state index in [0.29, 0.717) is 17.5 Å². The molecule has 0 aliphatic carbocycles. The lowest BCUT2D eigenvalue weighted by Gasteiger charge is -1.97. The summed E-state index contributed by atoms with van der Waals surface area (Å²) in [6.45, 7) is 1.74. The predicted molar refractivity (Wildman–Crippen MR) is 59.3 cm³/mol. The number of methoxy groups -OCH3 is 2. The maximum Gasteiger partial charge on any atom is 0.272 e. The van der Waals surface area contributed by atoms with E-state index in [1.54, 1.807) is 31.9 Å². The van der Waals surface area contributed by atoms with Crippen molar-refractivity contribution < 1.29 is 9.47 Å². The predicted octanol–water partition coefficient (Wildman–Crippen LogP) is 1.43. The van der Waals surface area contributed by atoms with Gasteiger partial charge in [-0.3, -0.25) is 0 Å². The molecular formula is C10H12N4O2. The summed E-state index contributed by atoms with van der Waals surface area (Å²) in [5.74, 6) is 1.60. The lowest BCUT2D eigenvalue weighted by Crippen LogP contribution is -1.92. The highest BCUT2D eigenvalue weighted by atomic mass is 16.5. The number of rotatable bonds is 2. The molecule has 0 aromatic carbocycles. The molecule has 0 fully saturated rings. The van der Waals surface area contributed by atoms with Crippen LogP contribution in [-0.4, -0.2) is 34.7 Å². The van der Waals surface area contributed by atoms with Crippen LogP contribution >= 0.6 is 0 Å². The first-order valence-electron chi connectivity index (χ1n) is 4.72. The average Bonchev–Trinajstić information content (AvgIpc) is 2.69. The molecule has 0 unspecified atom stereocenters. The van der Waals surface area contributed by atoms with E-state index in [0.717, 1.165) is 5.75 Å². The van der Waals surface area contributed by atoms with Gasteiger partial charge in [-0.25, -0.2) is 4.52 Å².